The Hall–Kier alpha value is -2.87. The first-order valence-electron chi connectivity index (χ1n) is 11.3. The van der Waals surface area contributed by atoms with Crippen molar-refractivity contribution in [1.82, 2.24) is 9.80 Å². The molecule has 38 heavy (non-hydrogen) atoms. The highest BCUT2D eigenvalue weighted by molar-refractivity contribution is 7.86. The number of benzene rings is 2. The lowest BCUT2D eigenvalue weighted by Gasteiger charge is -2.41. The summed E-state index contributed by atoms with van der Waals surface area (Å²) in [5.41, 5.74) is -2.42. The van der Waals surface area contributed by atoms with Crippen molar-refractivity contribution < 1.29 is 48.1 Å². The Bertz CT molecular complexity index is 1260. The van der Waals surface area contributed by atoms with Crippen molar-refractivity contribution in [2.75, 3.05) is 19.8 Å². The van der Waals surface area contributed by atoms with Crippen LogP contribution in [0.25, 0.3) is 0 Å². The highest BCUT2D eigenvalue weighted by atomic mass is 32.2. The first-order valence-corrected chi connectivity index (χ1v) is 13.1. The van der Waals surface area contributed by atoms with Crippen molar-refractivity contribution in [1.29, 1.82) is 0 Å². The van der Waals surface area contributed by atoms with Crippen LogP contribution in [0.1, 0.15) is 46.7 Å². The van der Waals surface area contributed by atoms with Crippen molar-refractivity contribution in [3.63, 3.8) is 0 Å². The third-order valence-electron chi connectivity index (χ3n) is 6.10. The average Bonchev–Trinajstić information content (AvgIpc) is 2.76. The number of rotatable bonds is 5. The van der Waals surface area contributed by atoms with Gasteiger partial charge in [0.25, 0.3) is 10.1 Å². The molecule has 1 aliphatic rings. The molecule has 0 radical (unpaired) electrons. The SMILES string of the molecule is Cc1cc(F)ccc1C1CC(OS(C)(=O)=O)CCN1C(=O)N(C)Cc1cc(C(F)(F)F)cc(C(F)(F)F)c1. The fraction of sp³-hybridized carbons (Fsp3) is 0.458. The molecule has 2 aromatic rings. The van der Waals surface area contributed by atoms with Crippen LogP contribution >= 0.6 is 0 Å². The second kappa shape index (κ2) is 10.7. The largest absolute Gasteiger partial charge is 0.416 e. The van der Waals surface area contributed by atoms with Crippen molar-refractivity contribution in [2.45, 2.75) is 50.8 Å². The zero-order chi connectivity index (χ0) is 28.6. The maximum atomic E-state index is 13.7. The van der Waals surface area contributed by atoms with Gasteiger partial charge in [-0.1, -0.05) is 6.07 Å². The van der Waals surface area contributed by atoms with Crippen molar-refractivity contribution in [3.05, 3.63) is 70.0 Å². The molecule has 6 nitrogen and oxygen atoms in total. The monoisotopic (exact) mass is 570 g/mol. The predicted octanol–water partition coefficient (Wildman–Crippen LogP) is 5.91. The van der Waals surface area contributed by atoms with Gasteiger partial charge in [0.05, 0.1) is 29.5 Å². The zero-order valence-corrected chi connectivity index (χ0v) is 21.3. The summed E-state index contributed by atoms with van der Waals surface area (Å²) in [6.45, 7) is 0.995. The van der Waals surface area contributed by atoms with Crippen LogP contribution in [0.5, 0.6) is 0 Å². The topological polar surface area (TPSA) is 66.9 Å². The molecule has 0 saturated carbocycles. The summed E-state index contributed by atoms with van der Waals surface area (Å²) in [5.74, 6) is -0.536. The first-order chi connectivity index (χ1) is 17.3. The standard InChI is InChI=1S/C24H25F7N2O4S/c1-14-8-18(25)4-5-20(14)21-12-19(37-38(3,35)36)6-7-33(21)22(34)32(2)13-15-9-16(23(26,27)28)11-17(10-15)24(29,30)31/h4-5,8-11,19,21H,6-7,12-13H2,1-3H3. The highest BCUT2D eigenvalue weighted by Gasteiger charge is 2.39. The summed E-state index contributed by atoms with van der Waals surface area (Å²) in [7, 11) is -2.61. The number of alkyl halides is 6. The Morgan fingerprint density at radius 2 is 1.63 bits per heavy atom. The van der Waals surface area contributed by atoms with E-state index >= 15 is 0 Å². The van der Waals surface area contributed by atoms with E-state index in [0.29, 0.717) is 23.3 Å². The van der Waals surface area contributed by atoms with Gasteiger partial charge in [-0.05, 0) is 66.8 Å². The number of halogens is 7. The number of likely N-dealkylation sites (tertiary alicyclic amines) is 1. The number of urea groups is 1. The lowest BCUT2D eigenvalue weighted by atomic mass is 9.91. The smallest absolute Gasteiger partial charge is 0.323 e. The van der Waals surface area contributed by atoms with Crippen LogP contribution in [0.2, 0.25) is 0 Å². The molecule has 14 heteroatoms. The Labute approximate surface area is 215 Å². The van der Waals surface area contributed by atoms with Crippen LogP contribution in [0.3, 0.4) is 0 Å². The van der Waals surface area contributed by atoms with Crippen molar-refractivity contribution >= 4 is 16.1 Å². The predicted molar refractivity (Wildman–Crippen MR) is 123 cm³/mol. The van der Waals surface area contributed by atoms with Crippen LogP contribution in [-0.4, -0.2) is 50.2 Å². The maximum Gasteiger partial charge on any atom is 0.416 e. The Morgan fingerprint density at radius 1 is 1.05 bits per heavy atom. The zero-order valence-electron chi connectivity index (χ0n) is 20.5. The van der Waals surface area contributed by atoms with Gasteiger partial charge in [0.15, 0.2) is 0 Å². The minimum atomic E-state index is -5.04. The third kappa shape index (κ3) is 7.37. The number of amides is 2. The molecule has 1 aliphatic heterocycles. The number of carbonyl (C=O) groups excluding carboxylic acids is 1. The Kier molecular flexibility index (Phi) is 8.37. The van der Waals surface area contributed by atoms with E-state index < -0.39 is 64.1 Å². The molecule has 3 rings (SSSR count). The molecule has 0 aliphatic carbocycles. The van der Waals surface area contributed by atoms with Gasteiger partial charge in [0.1, 0.15) is 5.82 Å². The molecule has 0 bridgehead atoms. The minimum Gasteiger partial charge on any atom is -0.323 e. The van der Waals surface area contributed by atoms with E-state index in [0.717, 1.165) is 17.2 Å². The molecular weight excluding hydrogens is 545 g/mol. The molecule has 1 saturated heterocycles. The van der Waals surface area contributed by atoms with Crippen LogP contribution in [-0.2, 0) is 33.2 Å². The fourth-order valence-corrected chi connectivity index (χ4v) is 5.14. The summed E-state index contributed by atoms with van der Waals surface area (Å²) in [5, 5.41) is 0. The Morgan fingerprint density at radius 3 is 2.13 bits per heavy atom. The summed E-state index contributed by atoms with van der Waals surface area (Å²) in [6, 6.07) is 3.41. The highest BCUT2D eigenvalue weighted by Crippen LogP contribution is 2.38. The number of piperidine rings is 1. The number of aryl methyl sites for hydroxylation is 1. The summed E-state index contributed by atoms with van der Waals surface area (Å²) in [6.07, 6.45) is -9.88. The van der Waals surface area contributed by atoms with Gasteiger partial charge in [0, 0.05) is 20.1 Å². The Balaban J connectivity index is 1.92. The van der Waals surface area contributed by atoms with E-state index in [4.69, 9.17) is 4.18 Å². The van der Waals surface area contributed by atoms with Gasteiger partial charge in [-0.3, -0.25) is 4.18 Å². The molecule has 210 valence electrons. The van der Waals surface area contributed by atoms with E-state index in [1.807, 2.05) is 0 Å². The van der Waals surface area contributed by atoms with E-state index in [9.17, 15) is 43.9 Å². The molecular formula is C24H25F7N2O4S. The lowest BCUT2D eigenvalue weighted by molar-refractivity contribution is -0.143. The van der Waals surface area contributed by atoms with Crippen LogP contribution < -0.4 is 0 Å². The quantitative estimate of drug-likeness (QED) is 0.332. The van der Waals surface area contributed by atoms with Crippen molar-refractivity contribution in [3.8, 4) is 0 Å². The molecule has 2 amide bonds. The molecule has 0 N–H and O–H groups in total. The van der Waals surface area contributed by atoms with Gasteiger partial charge in [-0.15, -0.1) is 0 Å². The van der Waals surface area contributed by atoms with Gasteiger partial charge in [0.2, 0.25) is 0 Å². The van der Waals surface area contributed by atoms with Gasteiger partial charge in [-0.25, -0.2) is 9.18 Å². The third-order valence-corrected chi connectivity index (χ3v) is 6.72. The summed E-state index contributed by atoms with van der Waals surface area (Å²) < 4.78 is 122. The first kappa shape index (κ1) is 29.7. The normalized spacial score (nSPS) is 18.9. The second-order valence-corrected chi connectivity index (χ2v) is 10.8. The second-order valence-electron chi connectivity index (χ2n) is 9.21. The molecule has 2 aromatic carbocycles. The maximum absolute atomic E-state index is 13.7. The van der Waals surface area contributed by atoms with Gasteiger partial charge < -0.3 is 9.80 Å². The molecule has 2 unspecified atom stereocenters. The summed E-state index contributed by atoms with van der Waals surface area (Å²) >= 11 is 0. The van der Waals surface area contributed by atoms with E-state index in [1.54, 1.807) is 6.92 Å². The molecule has 2 atom stereocenters. The number of hydrogen-bond acceptors (Lipinski definition) is 4. The molecule has 0 aromatic heterocycles. The number of hydrogen-bond donors (Lipinski definition) is 0. The average molecular weight is 571 g/mol. The molecule has 1 fully saturated rings. The van der Waals surface area contributed by atoms with E-state index in [-0.39, 0.29) is 31.0 Å². The van der Waals surface area contributed by atoms with Crippen molar-refractivity contribution in [2.24, 2.45) is 0 Å². The summed E-state index contributed by atoms with van der Waals surface area (Å²) in [4.78, 5) is 15.7. The van der Waals surface area contributed by atoms with E-state index in [1.165, 1.54) is 24.1 Å². The molecule has 0 spiro atoms. The lowest BCUT2D eigenvalue weighted by Crippen LogP contribution is -2.48. The van der Waals surface area contributed by atoms with E-state index in [2.05, 4.69) is 0 Å². The van der Waals surface area contributed by atoms with Crippen LogP contribution in [0, 0.1) is 12.7 Å². The van der Waals surface area contributed by atoms with Gasteiger partial charge in [-0.2, -0.15) is 34.8 Å². The van der Waals surface area contributed by atoms with Crippen LogP contribution in [0.15, 0.2) is 36.4 Å². The molecule has 1 heterocycles. The fourth-order valence-electron chi connectivity index (χ4n) is 4.48. The minimum absolute atomic E-state index is 0.00518. The number of nitrogens with zero attached hydrogens (tertiary/aromatic N) is 2. The van der Waals surface area contributed by atoms with Crippen LogP contribution in [0.4, 0.5) is 35.5 Å². The number of carbonyl (C=O) groups is 1. The van der Waals surface area contributed by atoms with Gasteiger partial charge >= 0.3 is 18.4 Å².